The van der Waals surface area contributed by atoms with E-state index in [-0.39, 0.29) is 0 Å². The molecular formula is C9H11N3. The van der Waals surface area contributed by atoms with Crippen LogP contribution in [0.3, 0.4) is 0 Å². The zero-order valence-corrected chi connectivity index (χ0v) is 7.28. The molecule has 1 heterocycles. The minimum Gasteiger partial charge on any atom is -0.244 e. The van der Waals surface area contributed by atoms with Crippen LogP contribution in [0.2, 0.25) is 0 Å². The lowest BCUT2D eigenvalue weighted by Gasteiger charge is -2.06. The molecule has 0 spiro atoms. The molecule has 0 aromatic carbocycles. The van der Waals surface area contributed by atoms with Gasteiger partial charge in [0.1, 0.15) is 6.33 Å². The number of nitriles is 1. The third-order valence-electron chi connectivity index (χ3n) is 1.64. The minimum absolute atomic E-state index is 0.358. The highest BCUT2D eigenvalue weighted by Gasteiger charge is 2.06. The van der Waals surface area contributed by atoms with Gasteiger partial charge in [0.15, 0.2) is 0 Å². The van der Waals surface area contributed by atoms with Crippen molar-refractivity contribution in [2.24, 2.45) is 0 Å². The Bertz CT molecular complexity index is 299. The van der Waals surface area contributed by atoms with Gasteiger partial charge in [0, 0.05) is 11.8 Å². The van der Waals surface area contributed by atoms with Crippen LogP contribution in [-0.2, 0) is 6.42 Å². The molecule has 1 aromatic heterocycles. The van der Waals surface area contributed by atoms with Gasteiger partial charge in [-0.1, -0.05) is 13.8 Å². The van der Waals surface area contributed by atoms with Gasteiger partial charge in [-0.25, -0.2) is 9.97 Å². The average molecular weight is 161 g/mol. The highest BCUT2D eigenvalue weighted by atomic mass is 14.8. The molecule has 0 bridgehead atoms. The Labute approximate surface area is 72.1 Å². The minimum atomic E-state index is 0.358. The van der Waals surface area contributed by atoms with Crippen molar-refractivity contribution in [2.45, 2.75) is 26.2 Å². The Morgan fingerprint density at radius 3 is 2.92 bits per heavy atom. The molecule has 62 valence electrons. The number of hydrogen-bond donors (Lipinski definition) is 0. The maximum atomic E-state index is 8.52. The Morgan fingerprint density at radius 1 is 1.58 bits per heavy atom. The van der Waals surface area contributed by atoms with Crippen molar-refractivity contribution in [2.75, 3.05) is 0 Å². The van der Waals surface area contributed by atoms with Crippen LogP contribution in [0.15, 0.2) is 12.5 Å². The second kappa shape index (κ2) is 3.82. The predicted octanol–water partition coefficient (Wildman–Crippen LogP) is 1.67. The van der Waals surface area contributed by atoms with Gasteiger partial charge in [-0.15, -0.1) is 0 Å². The lowest BCUT2D eigenvalue weighted by molar-refractivity contribution is 0.795. The highest BCUT2D eigenvalue weighted by molar-refractivity contribution is 5.22. The summed E-state index contributed by atoms with van der Waals surface area (Å²) in [5.41, 5.74) is 1.92. The molecule has 0 amide bonds. The molecule has 0 aliphatic heterocycles. The summed E-state index contributed by atoms with van der Waals surface area (Å²) in [5.74, 6) is 0.358. The van der Waals surface area contributed by atoms with Gasteiger partial charge in [0.05, 0.1) is 18.2 Å². The van der Waals surface area contributed by atoms with Gasteiger partial charge in [-0.2, -0.15) is 5.26 Å². The first-order valence-electron chi connectivity index (χ1n) is 3.91. The Hall–Kier alpha value is -1.43. The van der Waals surface area contributed by atoms with Gasteiger partial charge in [0.25, 0.3) is 0 Å². The maximum Gasteiger partial charge on any atom is 0.115 e. The maximum absolute atomic E-state index is 8.52. The summed E-state index contributed by atoms with van der Waals surface area (Å²) in [6, 6.07) is 2.10. The smallest absolute Gasteiger partial charge is 0.115 e. The van der Waals surface area contributed by atoms with Gasteiger partial charge in [0.2, 0.25) is 0 Å². The van der Waals surface area contributed by atoms with Crippen LogP contribution in [0.4, 0.5) is 0 Å². The van der Waals surface area contributed by atoms with Crippen molar-refractivity contribution >= 4 is 0 Å². The van der Waals surface area contributed by atoms with Crippen molar-refractivity contribution in [3.05, 3.63) is 23.8 Å². The van der Waals surface area contributed by atoms with E-state index in [0.717, 1.165) is 11.3 Å². The van der Waals surface area contributed by atoms with Gasteiger partial charge in [-0.05, 0) is 5.92 Å². The molecule has 0 saturated heterocycles. The molecule has 0 atom stereocenters. The molecule has 3 heteroatoms. The summed E-state index contributed by atoms with van der Waals surface area (Å²) in [7, 11) is 0. The molecule has 0 saturated carbocycles. The number of nitrogens with zero attached hydrogens (tertiary/aromatic N) is 3. The number of hydrogen-bond acceptors (Lipinski definition) is 3. The molecule has 1 aromatic rings. The van der Waals surface area contributed by atoms with Gasteiger partial charge in [-0.3, -0.25) is 0 Å². The zero-order valence-electron chi connectivity index (χ0n) is 7.28. The van der Waals surface area contributed by atoms with E-state index >= 15 is 0 Å². The van der Waals surface area contributed by atoms with Crippen molar-refractivity contribution in [3.8, 4) is 6.07 Å². The molecule has 0 aliphatic carbocycles. The van der Waals surface area contributed by atoms with Crippen molar-refractivity contribution in [1.82, 2.24) is 9.97 Å². The largest absolute Gasteiger partial charge is 0.244 e. The first-order chi connectivity index (χ1) is 5.75. The van der Waals surface area contributed by atoms with Crippen LogP contribution in [0.5, 0.6) is 0 Å². The monoisotopic (exact) mass is 161 g/mol. The van der Waals surface area contributed by atoms with E-state index < -0.39 is 0 Å². The molecule has 0 radical (unpaired) electrons. The van der Waals surface area contributed by atoms with Crippen molar-refractivity contribution in [3.63, 3.8) is 0 Å². The predicted molar refractivity (Wildman–Crippen MR) is 45.4 cm³/mol. The van der Waals surface area contributed by atoms with Crippen molar-refractivity contribution in [1.29, 1.82) is 5.26 Å². The normalized spacial score (nSPS) is 9.83. The van der Waals surface area contributed by atoms with Crippen molar-refractivity contribution < 1.29 is 0 Å². The fourth-order valence-electron chi connectivity index (χ4n) is 1.11. The fourth-order valence-corrected chi connectivity index (χ4v) is 1.11. The Morgan fingerprint density at radius 2 is 2.33 bits per heavy atom. The first kappa shape index (κ1) is 8.66. The fraction of sp³-hybridized carbons (Fsp3) is 0.444. The molecule has 0 aliphatic rings. The molecule has 12 heavy (non-hydrogen) atoms. The van der Waals surface area contributed by atoms with E-state index in [0.29, 0.717) is 12.3 Å². The van der Waals surface area contributed by atoms with Crippen LogP contribution >= 0.6 is 0 Å². The van der Waals surface area contributed by atoms with E-state index in [9.17, 15) is 0 Å². The van der Waals surface area contributed by atoms with Gasteiger partial charge < -0.3 is 0 Å². The second-order valence-electron chi connectivity index (χ2n) is 2.92. The molecule has 0 unspecified atom stereocenters. The first-order valence-corrected chi connectivity index (χ1v) is 3.91. The van der Waals surface area contributed by atoms with Crippen LogP contribution < -0.4 is 0 Å². The SMILES string of the molecule is CC(C)c1ncncc1CC#N. The summed E-state index contributed by atoms with van der Waals surface area (Å²) < 4.78 is 0. The van der Waals surface area contributed by atoms with Crippen LogP contribution in [-0.4, -0.2) is 9.97 Å². The molecule has 3 nitrogen and oxygen atoms in total. The standard InChI is InChI=1S/C9H11N3/c1-7(2)9-8(3-4-10)5-11-6-12-9/h5-7H,3H2,1-2H3. The highest BCUT2D eigenvalue weighted by Crippen LogP contribution is 2.15. The Kier molecular flexibility index (Phi) is 2.76. The molecule has 0 N–H and O–H groups in total. The molecule has 1 rings (SSSR count). The number of aromatic nitrogens is 2. The number of rotatable bonds is 2. The summed E-state index contributed by atoms with van der Waals surface area (Å²) in [4.78, 5) is 8.02. The summed E-state index contributed by atoms with van der Waals surface area (Å²) >= 11 is 0. The molecule has 0 fully saturated rings. The summed E-state index contributed by atoms with van der Waals surface area (Å²) in [6.45, 7) is 4.12. The summed E-state index contributed by atoms with van der Waals surface area (Å²) in [5, 5.41) is 8.52. The Balaban J connectivity index is 3.02. The van der Waals surface area contributed by atoms with Crippen LogP contribution in [0.1, 0.15) is 31.0 Å². The van der Waals surface area contributed by atoms with E-state index in [4.69, 9.17) is 5.26 Å². The molecular weight excluding hydrogens is 150 g/mol. The topological polar surface area (TPSA) is 49.6 Å². The van der Waals surface area contributed by atoms with E-state index in [1.807, 2.05) is 0 Å². The van der Waals surface area contributed by atoms with Gasteiger partial charge >= 0.3 is 0 Å². The third-order valence-corrected chi connectivity index (χ3v) is 1.64. The quantitative estimate of drug-likeness (QED) is 0.662. The van der Waals surface area contributed by atoms with E-state index in [2.05, 4.69) is 29.9 Å². The zero-order chi connectivity index (χ0) is 8.97. The third kappa shape index (κ3) is 1.79. The van der Waals surface area contributed by atoms with E-state index in [1.54, 1.807) is 6.20 Å². The van der Waals surface area contributed by atoms with E-state index in [1.165, 1.54) is 6.33 Å². The second-order valence-corrected chi connectivity index (χ2v) is 2.92. The van der Waals surface area contributed by atoms with Crippen LogP contribution in [0, 0.1) is 11.3 Å². The summed E-state index contributed by atoms with van der Waals surface area (Å²) in [6.07, 6.45) is 3.64. The van der Waals surface area contributed by atoms with Crippen LogP contribution in [0.25, 0.3) is 0 Å². The lowest BCUT2D eigenvalue weighted by atomic mass is 10.0. The average Bonchev–Trinajstić information content (AvgIpc) is 2.05. The lowest BCUT2D eigenvalue weighted by Crippen LogP contribution is -1.99.